The Morgan fingerprint density at radius 3 is 2.67 bits per heavy atom. The molecule has 2 unspecified atom stereocenters. The minimum absolute atomic E-state index is 0.136. The van der Waals surface area contributed by atoms with Crippen molar-refractivity contribution in [3.05, 3.63) is 29.3 Å². The van der Waals surface area contributed by atoms with E-state index in [-0.39, 0.29) is 17.7 Å². The third kappa shape index (κ3) is 3.19. The van der Waals surface area contributed by atoms with E-state index >= 15 is 0 Å². The van der Waals surface area contributed by atoms with Crippen LogP contribution in [0.4, 0.5) is 0 Å². The van der Waals surface area contributed by atoms with E-state index in [0.29, 0.717) is 5.75 Å². The van der Waals surface area contributed by atoms with Gasteiger partial charge in [-0.05, 0) is 24.7 Å². The molecule has 100 valence electrons. The van der Waals surface area contributed by atoms with Crippen molar-refractivity contribution in [2.75, 3.05) is 20.7 Å². The number of rotatable bonds is 6. The van der Waals surface area contributed by atoms with E-state index in [9.17, 15) is 15.0 Å². The highest BCUT2D eigenvalue weighted by molar-refractivity contribution is 5.95. The summed E-state index contributed by atoms with van der Waals surface area (Å²) in [6.07, 6.45) is -2.22. The van der Waals surface area contributed by atoms with Gasteiger partial charge in [-0.2, -0.15) is 0 Å². The number of ether oxygens (including phenoxy) is 1. The first-order valence-corrected chi connectivity index (χ1v) is 5.49. The molecule has 0 spiro atoms. The summed E-state index contributed by atoms with van der Waals surface area (Å²) in [7, 11) is 3.12. The highest BCUT2D eigenvalue weighted by Gasteiger charge is 2.22. The van der Waals surface area contributed by atoms with E-state index in [4.69, 9.17) is 10.5 Å². The van der Waals surface area contributed by atoms with E-state index in [2.05, 4.69) is 5.32 Å². The number of carbonyl (C=O) groups is 1. The van der Waals surface area contributed by atoms with Crippen molar-refractivity contribution in [2.45, 2.75) is 12.2 Å². The summed E-state index contributed by atoms with van der Waals surface area (Å²) in [4.78, 5) is 11.3. The summed E-state index contributed by atoms with van der Waals surface area (Å²) < 4.78 is 4.98. The molecule has 0 radical (unpaired) electrons. The molecule has 0 saturated carbocycles. The quantitative estimate of drug-likeness (QED) is 0.543. The average molecular weight is 254 g/mol. The van der Waals surface area contributed by atoms with Crippen LogP contribution in [0.5, 0.6) is 5.75 Å². The summed E-state index contributed by atoms with van der Waals surface area (Å²) in [6.45, 7) is 0.200. The Balaban J connectivity index is 3.10. The van der Waals surface area contributed by atoms with Gasteiger partial charge in [0.2, 0.25) is 5.91 Å². The number of hydrogen-bond acceptors (Lipinski definition) is 5. The SMILES string of the molecule is CNCC(O)C(O)c1ccc(OC)cc1C(N)=O. The molecule has 6 heteroatoms. The second kappa shape index (κ2) is 6.34. The lowest BCUT2D eigenvalue weighted by atomic mass is 9.97. The van der Waals surface area contributed by atoms with Gasteiger partial charge in [0.05, 0.1) is 13.2 Å². The van der Waals surface area contributed by atoms with Crippen LogP contribution in [0.15, 0.2) is 18.2 Å². The topological polar surface area (TPSA) is 105 Å². The number of nitrogens with one attached hydrogen (secondary N) is 1. The van der Waals surface area contributed by atoms with Gasteiger partial charge in [0, 0.05) is 12.1 Å². The third-order valence-corrected chi connectivity index (χ3v) is 2.62. The van der Waals surface area contributed by atoms with Crippen molar-refractivity contribution in [2.24, 2.45) is 5.73 Å². The van der Waals surface area contributed by atoms with Crippen molar-refractivity contribution in [1.82, 2.24) is 5.32 Å². The highest BCUT2D eigenvalue weighted by atomic mass is 16.5. The number of aliphatic hydroxyl groups excluding tert-OH is 2. The first-order valence-electron chi connectivity index (χ1n) is 5.49. The second-order valence-electron chi connectivity index (χ2n) is 3.89. The molecular weight excluding hydrogens is 236 g/mol. The number of amides is 1. The Morgan fingerprint density at radius 2 is 2.17 bits per heavy atom. The average Bonchev–Trinajstić information content (AvgIpc) is 2.37. The predicted octanol–water partition coefficient (Wildman–Crippen LogP) is -0.592. The van der Waals surface area contributed by atoms with Crippen molar-refractivity contribution in [3.63, 3.8) is 0 Å². The lowest BCUT2D eigenvalue weighted by Gasteiger charge is -2.20. The van der Waals surface area contributed by atoms with Gasteiger partial charge in [0.1, 0.15) is 11.9 Å². The van der Waals surface area contributed by atoms with Crippen LogP contribution in [0.3, 0.4) is 0 Å². The largest absolute Gasteiger partial charge is 0.497 e. The van der Waals surface area contributed by atoms with Gasteiger partial charge in [0.25, 0.3) is 0 Å². The molecule has 1 aromatic carbocycles. The molecule has 5 N–H and O–H groups in total. The van der Waals surface area contributed by atoms with Crippen LogP contribution in [0.1, 0.15) is 22.0 Å². The molecule has 0 saturated heterocycles. The number of primary amides is 1. The molecule has 1 amide bonds. The smallest absolute Gasteiger partial charge is 0.249 e. The summed E-state index contributed by atoms with van der Waals surface area (Å²) >= 11 is 0. The van der Waals surface area contributed by atoms with Crippen LogP contribution in [-0.4, -0.2) is 42.9 Å². The molecule has 0 aliphatic carbocycles. The van der Waals surface area contributed by atoms with E-state index in [1.54, 1.807) is 13.1 Å². The summed E-state index contributed by atoms with van der Waals surface area (Å²) in [5, 5.41) is 22.4. The molecule has 0 aromatic heterocycles. The number of methoxy groups -OCH3 is 1. The fraction of sp³-hybridized carbons (Fsp3) is 0.417. The zero-order valence-corrected chi connectivity index (χ0v) is 10.4. The van der Waals surface area contributed by atoms with Gasteiger partial charge in [-0.1, -0.05) is 6.07 Å². The number of aliphatic hydroxyl groups is 2. The molecule has 0 aliphatic rings. The Hall–Kier alpha value is -1.63. The second-order valence-corrected chi connectivity index (χ2v) is 3.89. The van der Waals surface area contributed by atoms with Gasteiger partial charge in [-0.3, -0.25) is 4.79 Å². The monoisotopic (exact) mass is 254 g/mol. The van der Waals surface area contributed by atoms with Gasteiger partial charge in [0.15, 0.2) is 0 Å². The molecule has 18 heavy (non-hydrogen) atoms. The van der Waals surface area contributed by atoms with Crippen molar-refractivity contribution in [1.29, 1.82) is 0 Å². The Kier molecular flexibility index (Phi) is 5.08. The van der Waals surface area contributed by atoms with E-state index in [1.807, 2.05) is 0 Å². The molecule has 2 atom stereocenters. The Morgan fingerprint density at radius 1 is 1.50 bits per heavy atom. The summed E-state index contributed by atoms with van der Waals surface area (Å²) in [5.41, 5.74) is 5.67. The lowest BCUT2D eigenvalue weighted by molar-refractivity contribution is 0.0197. The molecule has 0 heterocycles. The van der Waals surface area contributed by atoms with Crippen LogP contribution in [0.25, 0.3) is 0 Å². The zero-order chi connectivity index (χ0) is 13.7. The van der Waals surface area contributed by atoms with E-state index < -0.39 is 18.1 Å². The minimum Gasteiger partial charge on any atom is -0.497 e. The molecule has 0 aliphatic heterocycles. The molecule has 1 aromatic rings. The number of nitrogens with two attached hydrogens (primary N) is 1. The lowest BCUT2D eigenvalue weighted by Crippen LogP contribution is -2.31. The Bertz CT molecular complexity index is 423. The molecule has 0 bridgehead atoms. The minimum atomic E-state index is -1.19. The Labute approximate surface area is 105 Å². The maximum absolute atomic E-state index is 11.3. The summed E-state index contributed by atoms with van der Waals surface area (Å²) in [6, 6.07) is 4.55. The van der Waals surface area contributed by atoms with Gasteiger partial charge >= 0.3 is 0 Å². The van der Waals surface area contributed by atoms with Crippen LogP contribution in [0, 0.1) is 0 Å². The standard InChI is InChI=1S/C12H18N2O4/c1-14-6-10(15)11(16)8-4-3-7(18-2)5-9(8)12(13)17/h3-5,10-11,14-16H,6H2,1-2H3,(H2,13,17). The van der Waals surface area contributed by atoms with E-state index in [0.717, 1.165) is 0 Å². The maximum Gasteiger partial charge on any atom is 0.249 e. The van der Waals surface area contributed by atoms with Crippen molar-refractivity contribution >= 4 is 5.91 Å². The van der Waals surface area contributed by atoms with Crippen LogP contribution < -0.4 is 15.8 Å². The number of hydrogen-bond donors (Lipinski definition) is 4. The molecule has 6 nitrogen and oxygen atoms in total. The van der Waals surface area contributed by atoms with Crippen LogP contribution >= 0.6 is 0 Å². The van der Waals surface area contributed by atoms with Crippen LogP contribution in [0.2, 0.25) is 0 Å². The van der Waals surface area contributed by atoms with Crippen LogP contribution in [-0.2, 0) is 0 Å². The third-order valence-electron chi connectivity index (χ3n) is 2.62. The first-order chi connectivity index (χ1) is 8.51. The first kappa shape index (κ1) is 14.4. The fourth-order valence-electron chi connectivity index (χ4n) is 1.66. The van der Waals surface area contributed by atoms with E-state index in [1.165, 1.54) is 19.2 Å². The zero-order valence-electron chi connectivity index (χ0n) is 10.4. The summed E-state index contributed by atoms with van der Waals surface area (Å²) in [5.74, 6) is -0.220. The number of benzene rings is 1. The predicted molar refractivity (Wildman–Crippen MR) is 66.4 cm³/mol. The van der Waals surface area contributed by atoms with Gasteiger partial charge in [-0.15, -0.1) is 0 Å². The number of carbonyl (C=O) groups excluding carboxylic acids is 1. The van der Waals surface area contributed by atoms with Gasteiger partial charge < -0.3 is 26.0 Å². The fourth-order valence-corrected chi connectivity index (χ4v) is 1.66. The maximum atomic E-state index is 11.3. The normalized spacial score (nSPS) is 14.0. The molecule has 1 rings (SSSR count). The highest BCUT2D eigenvalue weighted by Crippen LogP contribution is 2.25. The number of likely N-dealkylation sites (N-methyl/N-ethyl adjacent to an activating group) is 1. The molecule has 0 fully saturated rings. The van der Waals surface area contributed by atoms with Gasteiger partial charge in [-0.25, -0.2) is 0 Å². The van der Waals surface area contributed by atoms with Crippen molar-refractivity contribution < 1.29 is 19.7 Å². The van der Waals surface area contributed by atoms with Crippen molar-refractivity contribution in [3.8, 4) is 5.75 Å². The molecular formula is C12H18N2O4.